The number of fused-ring (bicyclic) bond motifs is 1. The molecule has 0 radical (unpaired) electrons. The van der Waals surface area contributed by atoms with Crippen LogP contribution in [0.5, 0.6) is 0 Å². The van der Waals surface area contributed by atoms with Gasteiger partial charge in [0, 0.05) is 11.6 Å². The van der Waals surface area contributed by atoms with E-state index in [1.54, 1.807) is 17.0 Å². The van der Waals surface area contributed by atoms with E-state index in [1.165, 1.54) is 18.3 Å². The van der Waals surface area contributed by atoms with Crippen molar-refractivity contribution in [3.8, 4) is 34.0 Å². The van der Waals surface area contributed by atoms with Crippen molar-refractivity contribution in [1.29, 1.82) is 0 Å². The maximum atomic E-state index is 14.1. The summed E-state index contributed by atoms with van der Waals surface area (Å²) in [7, 11) is 0. The van der Waals surface area contributed by atoms with E-state index < -0.39 is 11.6 Å². The smallest absolute Gasteiger partial charge is 0.169 e. The van der Waals surface area contributed by atoms with Gasteiger partial charge in [-0.25, -0.2) is 18.7 Å². The maximum Gasteiger partial charge on any atom is 0.169 e. The first-order valence-electron chi connectivity index (χ1n) is 9.44. The van der Waals surface area contributed by atoms with Gasteiger partial charge in [-0.3, -0.25) is 4.68 Å². The molecule has 2 aromatic carbocycles. The average Bonchev–Trinajstić information content (AvgIpc) is 3.42. The van der Waals surface area contributed by atoms with E-state index >= 15 is 0 Å². The molecule has 0 amide bonds. The number of benzene rings is 2. The summed E-state index contributed by atoms with van der Waals surface area (Å²) in [6.45, 7) is 4.07. The number of aromatic nitrogens is 5. The Balaban J connectivity index is 1.40. The second-order valence-corrected chi connectivity index (χ2v) is 6.89. The third-order valence-electron chi connectivity index (χ3n) is 4.83. The van der Waals surface area contributed by atoms with Crippen molar-refractivity contribution in [2.45, 2.75) is 6.54 Å². The monoisotopic (exact) mass is 415 g/mol. The molecule has 0 saturated heterocycles. The highest BCUT2D eigenvalue weighted by molar-refractivity contribution is 5.65. The van der Waals surface area contributed by atoms with Gasteiger partial charge in [-0.15, -0.1) is 0 Å². The van der Waals surface area contributed by atoms with Crippen LogP contribution in [0.15, 0.2) is 72.0 Å². The van der Waals surface area contributed by atoms with Crippen molar-refractivity contribution in [3.05, 3.63) is 90.5 Å². The summed E-state index contributed by atoms with van der Waals surface area (Å²) in [6.07, 6.45) is 4.97. The molecule has 8 heteroatoms. The van der Waals surface area contributed by atoms with Gasteiger partial charge in [0.2, 0.25) is 0 Å². The van der Waals surface area contributed by atoms with E-state index in [-0.39, 0.29) is 11.4 Å². The number of imidazole rings is 1. The molecule has 0 unspecified atom stereocenters. The second-order valence-electron chi connectivity index (χ2n) is 6.89. The summed E-state index contributed by atoms with van der Waals surface area (Å²) in [5.74, 6) is -1.21. The van der Waals surface area contributed by atoms with Gasteiger partial charge in [0.05, 0.1) is 18.0 Å². The Kier molecular flexibility index (Phi) is 4.59. The van der Waals surface area contributed by atoms with Crippen LogP contribution in [0, 0.1) is 11.6 Å². The summed E-state index contributed by atoms with van der Waals surface area (Å²) in [4.78, 5) is 8.58. The van der Waals surface area contributed by atoms with Crippen LogP contribution in [0.2, 0.25) is 0 Å². The maximum absolute atomic E-state index is 14.1. The highest BCUT2D eigenvalue weighted by Gasteiger charge is 2.18. The highest BCUT2D eigenvalue weighted by atomic mass is 19.2. The van der Waals surface area contributed by atoms with Crippen LogP contribution in [0.4, 0.5) is 8.78 Å². The Morgan fingerprint density at radius 3 is 2.61 bits per heavy atom. The lowest BCUT2D eigenvalue weighted by Crippen LogP contribution is -2.04. The zero-order valence-corrected chi connectivity index (χ0v) is 16.2. The molecule has 0 N–H and O–H groups in total. The fourth-order valence-corrected chi connectivity index (χ4v) is 3.22. The molecular weight excluding hydrogens is 400 g/mol. The van der Waals surface area contributed by atoms with Crippen LogP contribution in [0.3, 0.4) is 0 Å². The first kappa shape index (κ1) is 18.8. The fraction of sp³-hybridized carbons (Fsp3) is 0.0435. The van der Waals surface area contributed by atoms with Crippen LogP contribution >= 0.6 is 0 Å². The quantitative estimate of drug-likeness (QED) is 0.401. The van der Waals surface area contributed by atoms with Crippen molar-refractivity contribution < 1.29 is 13.3 Å². The number of halogens is 2. The van der Waals surface area contributed by atoms with Crippen molar-refractivity contribution >= 4 is 6.08 Å². The topological polar surface area (TPSA) is 69.6 Å². The van der Waals surface area contributed by atoms with Crippen LogP contribution in [-0.4, -0.2) is 24.9 Å². The summed E-state index contributed by atoms with van der Waals surface area (Å²) < 4.78 is 34.6. The Morgan fingerprint density at radius 2 is 1.81 bits per heavy atom. The predicted molar refractivity (Wildman–Crippen MR) is 111 cm³/mol. The largest absolute Gasteiger partial charge is 0.359 e. The Labute approximate surface area is 175 Å². The minimum atomic E-state index is -0.978. The second kappa shape index (κ2) is 7.56. The SMILES string of the molecule is C=Cc1ccc(-c2cc(Cn3cc4nc(-c5cccc(F)c5F)nc-4cn3)on2)cc1. The van der Waals surface area contributed by atoms with Crippen LogP contribution in [0.1, 0.15) is 11.3 Å². The minimum Gasteiger partial charge on any atom is -0.359 e. The number of hydrogen-bond donors (Lipinski definition) is 0. The molecule has 152 valence electrons. The molecular formula is C23H15F2N5O. The molecule has 31 heavy (non-hydrogen) atoms. The van der Waals surface area contributed by atoms with Gasteiger partial charge >= 0.3 is 0 Å². The van der Waals surface area contributed by atoms with Gasteiger partial charge in [-0.2, -0.15) is 5.10 Å². The Morgan fingerprint density at radius 1 is 1.00 bits per heavy atom. The normalized spacial score (nSPS) is 11.2. The molecule has 0 atom stereocenters. The molecule has 2 aliphatic heterocycles. The zero-order valence-electron chi connectivity index (χ0n) is 16.2. The van der Waals surface area contributed by atoms with Crippen molar-refractivity contribution in [1.82, 2.24) is 24.9 Å². The summed E-state index contributed by atoms with van der Waals surface area (Å²) in [5, 5.41) is 8.42. The van der Waals surface area contributed by atoms with Crippen molar-refractivity contribution in [3.63, 3.8) is 0 Å². The average molecular weight is 415 g/mol. The number of hydrogen-bond acceptors (Lipinski definition) is 5. The van der Waals surface area contributed by atoms with Gasteiger partial charge in [0.1, 0.15) is 23.6 Å². The minimum absolute atomic E-state index is 0.00472. The Bertz CT molecular complexity index is 1360. The molecule has 3 aromatic rings. The molecule has 1 aromatic heterocycles. The summed E-state index contributed by atoms with van der Waals surface area (Å²) in [6, 6.07) is 13.5. The van der Waals surface area contributed by atoms with Crippen LogP contribution in [-0.2, 0) is 6.54 Å². The van der Waals surface area contributed by atoms with E-state index in [1.807, 2.05) is 30.3 Å². The van der Waals surface area contributed by atoms with Gasteiger partial charge in [0.25, 0.3) is 0 Å². The van der Waals surface area contributed by atoms with Gasteiger partial charge in [0.15, 0.2) is 23.2 Å². The third-order valence-corrected chi connectivity index (χ3v) is 4.83. The molecule has 0 aliphatic carbocycles. The Hall–Kier alpha value is -4.20. The summed E-state index contributed by atoms with van der Waals surface area (Å²) in [5.41, 5.74) is 3.66. The van der Waals surface area contributed by atoms with E-state index in [0.717, 1.165) is 17.2 Å². The molecule has 2 aliphatic rings. The molecule has 0 bridgehead atoms. The van der Waals surface area contributed by atoms with Gasteiger partial charge in [-0.1, -0.05) is 48.1 Å². The lowest BCUT2D eigenvalue weighted by molar-refractivity contribution is 0.372. The van der Waals surface area contributed by atoms with Gasteiger partial charge < -0.3 is 4.52 Å². The lowest BCUT2D eigenvalue weighted by atomic mass is 10.1. The zero-order chi connectivity index (χ0) is 21.4. The number of nitrogens with zero attached hydrogens (tertiary/aromatic N) is 5. The lowest BCUT2D eigenvalue weighted by Gasteiger charge is -2.03. The number of rotatable bonds is 5. The first-order chi connectivity index (χ1) is 15.1. The van der Waals surface area contributed by atoms with E-state index in [0.29, 0.717) is 29.4 Å². The molecule has 0 fully saturated rings. The highest BCUT2D eigenvalue weighted by Crippen LogP contribution is 2.27. The van der Waals surface area contributed by atoms with Crippen molar-refractivity contribution in [2.24, 2.45) is 0 Å². The third kappa shape index (κ3) is 3.59. The standard InChI is InChI=1S/C23H15F2N5O/c1-2-14-6-8-15(9-7-14)19-10-16(31-29-19)12-30-13-21-20(11-26-30)27-23(28-21)17-4-3-5-18(24)22(17)25/h2-11,13H,1,12H2. The van der Waals surface area contributed by atoms with Crippen LogP contribution in [0.25, 0.3) is 40.1 Å². The van der Waals surface area contributed by atoms with Crippen LogP contribution < -0.4 is 0 Å². The van der Waals surface area contributed by atoms with Crippen molar-refractivity contribution in [2.75, 3.05) is 0 Å². The molecule has 5 rings (SSSR count). The molecule has 3 heterocycles. The first-order valence-corrected chi connectivity index (χ1v) is 9.44. The van der Waals surface area contributed by atoms with E-state index in [4.69, 9.17) is 4.52 Å². The molecule has 0 spiro atoms. The molecule has 0 saturated carbocycles. The van der Waals surface area contributed by atoms with E-state index in [2.05, 4.69) is 26.8 Å². The fourth-order valence-electron chi connectivity index (χ4n) is 3.22. The molecule has 6 nitrogen and oxygen atoms in total. The predicted octanol–water partition coefficient (Wildman–Crippen LogP) is 5.07. The summed E-state index contributed by atoms with van der Waals surface area (Å²) >= 11 is 0. The van der Waals surface area contributed by atoms with E-state index in [9.17, 15) is 8.78 Å². The van der Waals surface area contributed by atoms with Gasteiger partial charge in [-0.05, 0) is 17.7 Å².